The van der Waals surface area contributed by atoms with E-state index in [1.165, 1.54) is 26.3 Å². The number of nitrogens with one attached hydrogen (secondary N) is 1. The number of rotatable bonds is 2. The van der Waals surface area contributed by atoms with Crippen LogP contribution in [0.3, 0.4) is 0 Å². The van der Waals surface area contributed by atoms with Crippen LogP contribution >= 0.6 is 23.4 Å². The lowest BCUT2D eigenvalue weighted by Gasteiger charge is -2.23. The zero-order valence-corrected chi connectivity index (χ0v) is 17.5. The van der Waals surface area contributed by atoms with Gasteiger partial charge in [0.25, 0.3) is 0 Å². The van der Waals surface area contributed by atoms with Crippen LogP contribution in [-0.2, 0) is 0 Å². The molecule has 1 aliphatic heterocycles. The molecule has 0 bridgehead atoms. The molecule has 5 aromatic rings. The van der Waals surface area contributed by atoms with Crippen molar-refractivity contribution >= 4 is 45.6 Å². The van der Waals surface area contributed by atoms with Crippen LogP contribution in [0.1, 0.15) is 0 Å². The van der Waals surface area contributed by atoms with E-state index in [0.29, 0.717) is 0 Å². The highest BCUT2D eigenvalue weighted by Crippen LogP contribution is 2.49. The fraction of sp³-hybridized carbons (Fsp3) is 0. The summed E-state index contributed by atoms with van der Waals surface area (Å²) in [6, 6.07) is 31.5. The number of anilines is 2. The first-order valence-corrected chi connectivity index (χ1v) is 11.0. The molecule has 1 aliphatic rings. The first kappa shape index (κ1) is 17.7. The van der Waals surface area contributed by atoms with Gasteiger partial charge in [0.15, 0.2) is 0 Å². The molecule has 4 heteroatoms. The number of fused-ring (bicyclic) bond motifs is 3. The Morgan fingerprint density at radius 2 is 1.53 bits per heavy atom. The third-order valence-electron chi connectivity index (χ3n) is 5.48. The highest BCUT2D eigenvalue weighted by Gasteiger charge is 2.21. The van der Waals surface area contributed by atoms with Crippen molar-refractivity contribution in [1.29, 1.82) is 0 Å². The first-order valence-electron chi connectivity index (χ1n) is 9.81. The third kappa shape index (κ3) is 2.82. The Bertz CT molecular complexity index is 1420. The maximum absolute atomic E-state index is 6.29. The van der Waals surface area contributed by atoms with Crippen molar-refractivity contribution in [2.24, 2.45) is 0 Å². The van der Waals surface area contributed by atoms with Gasteiger partial charge in [-0.05, 0) is 42.5 Å². The van der Waals surface area contributed by atoms with Crippen molar-refractivity contribution < 1.29 is 0 Å². The van der Waals surface area contributed by atoms with E-state index in [1.807, 2.05) is 30.0 Å². The van der Waals surface area contributed by atoms with Crippen molar-refractivity contribution in [3.63, 3.8) is 0 Å². The molecular formula is C26H17ClN2S. The van der Waals surface area contributed by atoms with E-state index >= 15 is 0 Å². The summed E-state index contributed by atoms with van der Waals surface area (Å²) in [4.78, 5) is 2.49. The van der Waals surface area contributed by atoms with Crippen molar-refractivity contribution in [2.45, 2.75) is 9.79 Å². The molecule has 0 saturated heterocycles. The molecule has 0 amide bonds. The molecule has 2 heterocycles. The molecule has 0 atom stereocenters. The number of benzene rings is 4. The molecule has 0 radical (unpaired) electrons. The van der Waals surface area contributed by atoms with Crippen molar-refractivity contribution in [1.82, 2.24) is 4.57 Å². The fourth-order valence-electron chi connectivity index (χ4n) is 4.12. The molecular weight excluding hydrogens is 408 g/mol. The number of hydrogen-bond acceptors (Lipinski definition) is 2. The molecule has 1 N–H and O–H groups in total. The molecule has 2 nitrogen and oxygen atoms in total. The topological polar surface area (TPSA) is 17.0 Å². The minimum Gasteiger partial charge on any atom is -0.353 e. The zero-order chi connectivity index (χ0) is 20.1. The van der Waals surface area contributed by atoms with Gasteiger partial charge in [-0.25, -0.2) is 0 Å². The summed E-state index contributed by atoms with van der Waals surface area (Å²) in [5.41, 5.74) is 6.94. The highest BCUT2D eigenvalue weighted by atomic mass is 35.5. The number of aromatic nitrogens is 1. The van der Waals surface area contributed by atoms with Gasteiger partial charge < -0.3 is 9.88 Å². The van der Waals surface area contributed by atoms with Crippen LogP contribution in [0, 0.1) is 0 Å². The standard InChI is InChI=1S/C26H17ClN2S/c27-17-7-5-8-18(15-17)29-16-21(19-9-1-3-12-23(19)29)20-10-6-14-25-26(20)28-22-11-2-4-13-24(22)30-25/h1-16,28H. The molecule has 0 aliphatic carbocycles. The SMILES string of the molecule is Clc1cccc(-n2cc(-c3cccc4c3Nc3ccccc3S4)c3ccccc32)c1. The second kappa shape index (κ2) is 6.98. The van der Waals surface area contributed by atoms with Crippen LogP contribution in [0.25, 0.3) is 27.7 Å². The van der Waals surface area contributed by atoms with Gasteiger partial charge in [0.05, 0.1) is 16.9 Å². The predicted molar refractivity (Wildman–Crippen MR) is 128 cm³/mol. The van der Waals surface area contributed by atoms with E-state index in [4.69, 9.17) is 11.6 Å². The lowest BCUT2D eigenvalue weighted by Crippen LogP contribution is -2.01. The summed E-state index contributed by atoms with van der Waals surface area (Å²) in [5, 5.41) is 5.63. The van der Waals surface area contributed by atoms with E-state index in [0.717, 1.165) is 27.6 Å². The van der Waals surface area contributed by atoms with Gasteiger partial charge in [0, 0.05) is 43.2 Å². The number of para-hydroxylation sites is 3. The molecule has 6 rings (SSSR count). The number of halogens is 1. The Hall–Kier alpha value is -3.14. The summed E-state index contributed by atoms with van der Waals surface area (Å²) in [7, 11) is 0. The van der Waals surface area contributed by atoms with E-state index in [9.17, 15) is 0 Å². The lowest BCUT2D eigenvalue weighted by atomic mass is 10.0. The third-order valence-corrected chi connectivity index (χ3v) is 6.85. The summed E-state index contributed by atoms with van der Waals surface area (Å²) in [6.07, 6.45) is 2.22. The number of nitrogens with zero attached hydrogens (tertiary/aromatic N) is 1. The molecule has 4 aromatic carbocycles. The lowest BCUT2D eigenvalue weighted by molar-refractivity contribution is 1.13. The average Bonchev–Trinajstić information content (AvgIpc) is 3.17. The summed E-state index contributed by atoms with van der Waals surface area (Å²) in [6.45, 7) is 0. The smallest absolute Gasteiger partial charge is 0.0606 e. The monoisotopic (exact) mass is 424 g/mol. The zero-order valence-electron chi connectivity index (χ0n) is 16.0. The normalized spacial score (nSPS) is 12.3. The Balaban J connectivity index is 1.58. The maximum Gasteiger partial charge on any atom is 0.0606 e. The van der Waals surface area contributed by atoms with Gasteiger partial charge in [-0.2, -0.15) is 0 Å². The minimum absolute atomic E-state index is 0.735. The van der Waals surface area contributed by atoms with Gasteiger partial charge in [-0.1, -0.05) is 71.9 Å². The largest absolute Gasteiger partial charge is 0.353 e. The molecule has 144 valence electrons. The van der Waals surface area contributed by atoms with E-state index in [2.05, 4.69) is 88.9 Å². The summed E-state index contributed by atoms with van der Waals surface area (Å²) >= 11 is 8.10. The number of hydrogen-bond donors (Lipinski definition) is 1. The molecule has 0 spiro atoms. The van der Waals surface area contributed by atoms with Crippen LogP contribution in [0.2, 0.25) is 5.02 Å². The Labute approximate surface area is 184 Å². The van der Waals surface area contributed by atoms with Crippen molar-refractivity contribution in [2.75, 3.05) is 5.32 Å². The van der Waals surface area contributed by atoms with Crippen molar-refractivity contribution in [3.8, 4) is 16.8 Å². The Kier molecular flexibility index (Phi) is 4.12. The molecule has 30 heavy (non-hydrogen) atoms. The second-order valence-corrected chi connectivity index (χ2v) is 8.83. The van der Waals surface area contributed by atoms with E-state index in [1.54, 1.807) is 0 Å². The van der Waals surface area contributed by atoms with Gasteiger partial charge in [-0.3, -0.25) is 0 Å². The fourth-order valence-corrected chi connectivity index (χ4v) is 5.32. The van der Waals surface area contributed by atoms with Gasteiger partial charge in [0.1, 0.15) is 0 Å². The molecule has 1 aromatic heterocycles. The Morgan fingerprint density at radius 3 is 2.47 bits per heavy atom. The molecule has 0 unspecified atom stereocenters. The van der Waals surface area contributed by atoms with Crippen LogP contribution < -0.4 is 5.32 Å². The average molecular weight is 425 g/mol. The van der Waals surface area contributed by atoms with Gasteiger partial charge in [-0.15, -0.1) is 0 Å². The van der Waals surface area contributed by atoms with Gasteiger partial charge in [0.2, 0.25) is 0 Å². The maximum atomic E-state index is 6.29. The molecule has 0 saturated carbocycles. The van der Waals surface area contributed by atoms with Crippen molar-refractivity contribution in [3.05, 3.63) is 102 Å². The highest BCUT2D eigenvalue weighted by molar-refractivity contribution is 7.99. The predicted octanol–water partition coefficient (Wildman–Crippen LogP) is 8.16. The Morgan fingerprint density at radius 1 is 0.733 bits per heavy atom. The van der Waals surface area contributed by atoms with Gasteiger partial charge >= 0.3 is 0 Å². The van der Waals surface area contributed by atoms with E-state index < -0.39 is 0 Å². The van der Waals surface area contributed by atoms with Crippen LogP contribution in [0.15, 0.2) is 107 Å². The first-order chi connectivity index (χ1) is 14.8. The summed E-state index contributed by atoms with van der Waals surface area (Å²) < 4.78 is 2.22. The molecule has 0 fully saturated rings. The quantitative estimate of drug-likeness (QED) is 0.302. The summed E-state index contributed by atoms with van der Waals surface area (Å²) in [5.74, 6) is 0. The van der Waals surface area contributed by atoms with Crippen LogP contribution in [0.4, 0.5) is 11.4 Å². The minimum atomic E-state index is 0.735. The second-order valence-electron chi connectivity index (χ2n) is 7.31. The van der Waals surface area contributed by atoms with E-state index in [-0.39, 0.29) is 0 Å². The van der Waals surface area contributed by atoms with Crippen LogP contribution in [-0.4, -0.2) is 4.57 Å². The van der Waals surface area contributed by atoms with Crippen LogP contribution in [0.5, 0.6) is 0 Å².